The molecule has 3 nitrogen and oxygen atoms in total. The number of ether oxygens (including phenoxy) is 1. The van der Waals surface area contributed by atoms with Crippen molar-refractivity contribution in [3.63, 3.8) is 0 Å². The van der Waals surface area contributed by atoms with Gasteiger partial charge in [0.15, 0.2) is 11.6 Å². The van der Waals surface area contributed by atoms with E-state index in [4.69, 9.17) is 10.00 Å². The first kappa shape index (κ1) is 11.0. The molecule has 1 heterocycles. The molecule has 2 rings (SSSR count). The number of nitrogens with zero attached hydrogens (tertiary/aromatic N) is 2. The molecule has 84 valence electrons. The van der Waals surface area contributed by atoms with Gasteiger partial charge in [0.2, 0.25) is 0 Å². The van der Waals surface area contributed by atoms with E-state index in [1.54, 1.807) is 0 Å². The molecule has 0 radical (unpaired) electrons. The molecule has 0 spiro atoms. The van der Waals surface area contributed by atoms with E-state index < -0.39 is 11.6 Å². The highest BCUT2D eigenvalue weighted by atomic mass is 19.1. The van der Waals surface area contributed by atoms with E-state index in [1.807, 2.05) is 6.07 Å². The third-order valence-electron chi connectivity index (χ3n) is 1.97. The van der Waals surface area contributed by atoms with E-state index >= 15 is 0 Å². The molecule has 0 amide bonds. The standard InChI is InChI=1S/C12H6F2N2O/c13-8-1-4-11(14)12(5-8)17-10-3-2-9(6-15)16-7-10/h1-5,7H. The van der Waals surface area contributed by atoms with E-state index in [0.717, 1.165) is 18.2 Å². The van der Waals surface area contributed by atoms with Crippen LogP contribution in [0.3, 0.4) is 0 Å². The SMILES string of the molecule is N#Cc1ccc(Oc2cc(F)ccc2F)cn1. The molecule has 0 atom stereocenters. The average molecular weight is 232 g/mol. The smallest absolute Gasteiger partial charge is 0.166 e. The van der Waals surface area contributed by atoms with Crippen molar-refractivity contribution in [1.29, 1.82) is 5.26 Å². The van der Waals surface area contributed by atoms with Crippen molar-refractivity contribution < 1.29 is 13.5 Å². The summed E-state index contributed by atoms with van der Waals surface area (Å²) in [4.78, 5) is 3.74. The number of rotatable bonds is 2. The molecule has 0 fully saturated rings. The van der Waals surface area contributed by atoms with E-state index in [1.165, 1.54) is 18.3 Å². The molecular weight excluding hydrogens is 226 g/mol. The first-order valence-corrected chi connectivity index (χ1v) is 4.68. The van der Waals surface area contributed by atoms with Crippen LogP contribution in [0.25, 0.3) is 0 Å². The van der Waals surface area contributed by atoms with Crippen molar-refractivity contribution in [3.05, 3.63) is 53.9 Å². The predicted octanol–water partition coefficient (Wildman–Crippen LogP) is 3.02. The molecule has 17 heavy (non-hydrogen) atoms. The Morgan fingerprint density at radius 1 is 1.18 bits per heavy atom. The van der Waals surface area contributed by atoms with Crippen molar-refractivity contribution in [2.75, 3.05) is 0 Å². The van der Waals surface area contributed by atoms with Gasteiger partial charge in [-0.05, 0) is 24.3 Å². The molecule has 0 saturated carbocycles. The van der Waals surface area contributed by atoms with Crippen LogP contribution in [0.5, 0.6) is 11.5 Å². The molecule has 0 N–H and O–H groups in total. The second-order valence-electron chi connectivity index (χ2n) is 3.17. The van der Waals surface area contributed by atoms with Gasteiger partial charge in [-0.15, -0.1) is 0 Å². The monoisotopic (exact) mass is 232 g/mol. The lowest BCUT2D eigenvalue weighted by Crippen LogP contribution is -1.91. The summed E-state index contributed by atoms with van der Waals surface area (Å²) in [6.07, 6.45) is 1.27. The van der Waals surface area contributed by atoms with Gasteiger partial charge < -0.3 is 4.74 Å². The molecule has 5 heteroatoms. The first-order valence-electron chi connectivity index (χ1n) is 4.68. The van der Waals surface area contributed by atoms with Crippen LogP contribution >= 0.6 is 0 Å². The molecule has 0 unspecified atom stereocenters. The normalized spacial score (nSPS) is 9.71. The third kappa shape index (κ3) is 2.55. The maximum absolute atomic E-state index is 13.2. The largest absolute Gasteiger partial charge is 0.453 e. The zero-order valence-corrected chi connectivity index (χ0v) is 8.52. The van der Waals surface area contributed by atoms with Gasteiger partial charge >= 0.3 is 0 Å². The second-order valence-corrected chi connectivity index (χ2v) is 3.17. The number of aromatic nitrogens is 1. The number of nitriles is 1. The van der Waals surface area contributed by atoms with Crippen LogP contribution in [0.15, 0.2) is 36.5 Å². The van der Waals surface area contributed by atoms with Gasteiger partial charge in [-0.3, -0.25) is 0 Å². The summed E-state index contributed by atoms with van der Waals surface area (Å²) in [6.45, 7) is 0. The summed E-state index contributed by atoms with van der Waals surface area (Å²) in [5.74, 6) is -1.26. The van der Waals surface area contributed by atoms with Crippen LogP contribution in [-0.4, -0.2) is 4.98 Å². The minimum atomic E-state index is -0.671. The zero-order chi connectivity index (χ0) is 12.3. The van der Waals surface area contributed by atoms with Crippen LogP contribution in [0, 0.1) is 23.0 Å². The Balaban J connectivity index is 2.25. The van der Waals surface area contributed by atoms with E-state index in [0.29, 0.717) is 0 Å². The highest BCUT2D eigenvalue weighted by Crippen LogP contribution is 2.24. The van der Waals surface area contributed by atoms with Crippen molar-refractivity contribution >= 4 is 0 Å². The lowest BCUT2D eigenvalue weighted by Gasteiger charge is -2.05. The third-order valence-corrected chi connectivity index (χ3v) is 1.97. The molecule has 0 saturated heterocycles. The molecule has 0 aliphatic rings. The molecule has 0 aliphatic carbocycles. The molecule has 1 aromatic heterocycles. The Labute approximate surface area is 95.9 Å². The molecule has 0 aliphatic heterocycles. The fraction of sp³-hybridized carbons (Fsp3) is 0. The Morgan fingerprint density at radius 3 is 2.65 bits per heavy atom. The van der Waals surface area contributed by atoms with Crippen LogP contribution in [0.1, 0.15) is 5.69 Å². The minimum Gasteiger partial charge on any atom is -0.453 e. The number of benzene rings is 1. The summed E-state index contributed by atoms with van der Waals surface area (Å²) in [7, 11) is 0. The van der Waals surface area contributed by atoms with Gasteiger partial charge in [-0.1, -0.05) is 0 Å². The molecule has 2 aromatic rings. The van der Waals surface area contributed by atoms with Gasteiger partial charge in [0.25, 0.3) is 0 Å². The van der Waals surface area contributed by atoms with Crippen LogP contribution < -0.4 is 4.74 Å². The Bertz CT molecular complexity index is 576. The van der Waals surface area contributed by atoms with Gasteiger partial charge in [0.05, 0.1) is 6.20 Å². The Kier molecular flexibility index (Phi) is 2.97. The number of hydrogen-bond donors (Lipinski definition) is 0. The summed E-state index contributed by atoms with van der Waals surface area (Å²) >= 11 is 0. The quantitative estimate of drug-likeness (QED) is 0.799. The van der Waals surface area contributed by atoms with Crippen molar-refractivity contribution in [1.82, 2.24) is 4.98 Å². The fourth-order valence-corrected chi connectivity index (χ4v) is 1.19. The predicted molar refractivity (Wildman–Crippen MR) is 55.4 cm³/mol. The minimum absolute atomic E-state index is 0.220. The highest BCUT2D eigenvalue weighted by molar-refractivity contribution is 5.33. The summed E-state index contributed by atoms with van der Waals surface area (Å²) in [5.41, 5.74) is 0.220. The van der Waals surface area contributed by atoms with Crippen molar-refractivity contribution in [2.24, 2.45) is 0 Å². The van der Waals surface area contributed by atoms with Gasteiger partial charge in [-0.2, -0.15) is 5.26 Å². The maximum atomic E-state index is 13.2. The Hall–Kier alpha value is -2.48. The highest BCUT2D eigenvalue weighted by Gasteiger charge is 2.06. The summed E-state index contributed by atoms with van der Waals surface area (Å²) in [5, 5.41) is 8.54. The number of pyridine rings is 1. The van der Waals surface area contributed by atoms with Crippen molar-refractivity contribution in [2.45, 2.75) is 0 Å². The van der Waals surface area contributed by atoms with E-state index in [9.17, 15) is 8.78 Å². The first-order chi connectivity index (χ1) is 8.19. The van der Waals surface area contributed by atoms with Gasteiger partial charge in [0.1, 0.15) is 23.3 Å². The number of hydrogen-bond acceptors (Lipinski definition) is 3. The van der Waals surface area contributed by atoms with Gasteiger partial charge in [-0.25, -0.2) is 13.8 Å². The summed E-state index contributed by atoms with van der Waals surface area (Å²) in [6, 6.07) is 7.63. The topological polar surface area (TPSA) is 45.9 Å². The summed E-state index contributed by atoms with van der Waals surface area (Å²) < 4.78 is 31.2. The van der Waals surface area contributed by atoms with Crippen molar-refractivity contribution in [3.8, 4) is 17.6 Å². The average Bonchev–Trinajstić information content (AvgIpc) is 2.35. The molecule has 1 aromatic carbocycles. The maximum Gasteiger partial charge on any atom is 0.166 e. The lowest BCUT2D eigenvalue weighted by molar-refractivity contribution is 0.435. The van der Waals surface area contributed by atoms with E-state index in [-0.39, 0.29) is 17.2 Å². The van der Waals surface area contributed by atoms with Crippen LogP contribution in [0.4, 0.5) is 8.78 Å². The Morgan fingerprint density at radius 2 is 2.00 bits per heavy atom. The van der Waals surface area contributed by atoms with Gasteiger partial charge in [0, 0.05) is 6.07 Å². The van der Waals surface area contributed by atoms with Crippen LogP contribution in [-0.2, 0) is 0 Å². The lowest BCUT2D eigenvalue weighted by atomic mass is 10.3. The fourth-order valence-electron chi connectivity index (χ4n) is 1.19. The molecule has 0 bridgehead atoms. The molecular formula is C12H6F2N2O. The zero-order valence-electron chi connectivity index (χ0n) is 8.52. The second kappa shape index (κ2) is 4.58. The van der Waals surface area contributed by atoms with Crippen LogP contribution in [0.2, 0.25) is 0 Å². The van der Waals surface area contributed by atoms with E-state index in [2.05, 4.69) is 4.98 Å². The number of halogens is 2.